The molecule has 1 rings (SSSR count). The summed E-state index contributed by atoms with van der Waals surface area (Å²) in [6, 6.07) is 5.78. The maximum absolute atomic E-state index is 12.2. The summed E-state index contributed by atoms with van der Waals surface area (Å²) >= 11 is 0. The maximum Gasteiger partial charge on any atom is 0.338 e. The number of rotatable bonds is 8. The Kier molecular flexibility index (Phi) is 7.31. The van der Waals surface area contributed by atoms with Crippen LogP contribution in [0.1, 0.15) is 54.1 Å². The molecule has 0 amide bonds. The van der Waals surface area contributed by atoms with Crippen LogP contribution < -0.4 is 0 Å². The predicted molar refractivity (Wildman–Crippen MR) is 81.1 cm³/mol. The molecule has 0 spiro atoms. The van der Waals surface area contributed by atoms with Crippen LogP contribution in [0.25, 0.3) is 0 Å². The van der Waals surface area contributed by atoms with Gasteiger partial charge in [0.2, 0.25) is 0 Å². The fourth-order valence-corrected chi connectivity index (χ4v) is 2.30. The van der Waals surface area contributed by atoms with Crippen LogP contribution in [0.15, 0.2) is 18.2 Å². The van der Waals surface area contributed by atoms with E-state index in [0.29, 0.717) is 12.2 Å². The van der Waals surface area contributed by atoms with E-state index in [1.54, 1.807) is 7.11 Å². The van der Waals surface area contributed by atoms with Crippen LogP contribution in [-0.2, 0) is 9.47 Å². The molecule has 0 aromatic heterocycles. The average Bonchev–Trinajstić information content (AvgIpc) is 2.38. The van der Waals surface area contributed by atoms with Crippen LogP contribution >= 0.6 is 0 Å². The fraction of sp³-hybridized carbons (Fsp3) is 0.588. The summed E-state index contributed by atoms with van der Waals surface area (Å²) in [5.74, 6) is -0.254. The molecular formula is C17H26O3. The maximum atomic E-state index is 12.2. The van der Waals surface area contributed by atoms with Gasteiger partial charge in [0, 0.05) is 7.11 Å². The lowest BCUT2D eigenvalue weighted by atomic mass is 10.1. The van der Waals surface area contributed by atoms with Crippen LogP contribution in [0.2, 0.25) is 0 Å². The molecule has 1 aromatic rings. The molecule has 0 aliphatic heterocycles. The second-order valence-corrected chi connectivity index (χ2v) is 5.35. The van der Waals surface area contributed by atoms with E-state index < -0.39 is 0 Å². The molecule has 0 aliphatic carbocycles. The van der Waals surface area contributed by atoms with Crippen LogP contribution in [0.5, 0.6) is 0 Å². The van der Waals surface area contributed by atoms with Gasteiger partial charge < -0.3 is 9.47 Å². The van der Waals surface area contributed by atoms with Crippen LogP contribution in [0.3, 0.4) is 0 Å². The van der Waals surface area contributed by atoms with E-state index in [0.717, 1.165) is 36.8 Å². The topological polar surface area (TPSA) is 35.5 Å². The van der Waals surface area contributed by atoms with Crippen LogP contribution in [0, 0.1) is 13.8 Å². The number of benzene rings is 1. The van der Waals surface area contributed by atoms with Gasteiger partial charge in [-0.2, -0.15) is 0 Å². The highest BCUT2D eigenvalue weighted by molar-refractivity contribution is 5.90. The Hall–Kier alpha value is -1.35. The van der Waals surface area contributed by atoms with Crippen molar-refractivity contribution in [1.82, 2.24) is 0 Å². The molecule has 3 heteroatoms. The van der Waals surface area contributed by atoms with Crippen molar-refractivity contribution in [3.63, 3.8) is 0 Å². The highest BCUT2D eigenvalue weighted by Gasteiger charge is 2.16. The lowest BCUT2D eigenvalue weighted by Gasteiger charge is -2.17. The first-order valence-corrected chi connectivity index (χ1v) is 7.35. The quantitative estimate of drug-likeness (QED) is 0.531. The molecule has 20 heavy (non-hydrogen) atoms. The molecule has 0 bridgehead atoms. The summed E-state index contributed by atoms with van der Waals surface area (Å²) in [5, 5.41) is 0. The van der Waals surface area contributed by atoms with E-state index in [-0.39, 0.29) is 12.1 Å². The summed E-state index contributed by atoms with van der Waals surface area (Å²) in [6.07, 6.45) is 4.08. The van der Waals surface area contributed by atoms with Gasteiger partial charge in [-0.25, -0.2) is 4.79 Å². The number of carbonyl (C=O) groups is 1. The van der Waals surface area contributed by atoms with E-state index >= 15 is 0 Å². The minimum absolute atomic E-state index is 0.153. The largest absolute Gasteiger partial charge is 0.456 e. The van der Waals surface area contributed by atoms with Gasteiger partial charge in [0.25, 0.3) is 0 Å². The normalized spacial score (nSPS) is 12.2. The summed E-state index contributed by atoms with van der Waals surface area (Å²) in [5.41, 5.74) is 2.77. The molecular weight excluding hydrogens is 252 g/mol. The Bertz CT molecular complexity index is 406. The Morgan fingerprint density at radius 1 is 1.15 bits per heavy atom. The van der Waals surface area contributed by atoms with Crippen molar-refractivity contribution >= 4 is 5.97 Å². The summed E-state index contributed by atoms with van der Waals surface area (Å²) in [6.45, 7) is 6.59. The molecule has 0 aliphatic rings. The first-order valence-electron chi connectivity index (χ1n) is 7.35. The molecule has 0 N–H and O–H groups in total. The van der Waals surface area contributed by atoms with Gasteiger partial charge in [0.1, 0.15) is 6.10 Å². The number of carbonyl (C=O) groups excluding carboxylic acids is 1. The van der Waals surface area contributed by atoms with Crippen molar-refractivity contribution in [3.8, 4) is 0 Å². The molecule has 0 fully saturated rings. The second-order valence-electron chi connectivity index (χ2n) is 5.35. The van der Waals surface area contributed by atoms with Crippen LogP contribution in [0.4, 0.5) is 0 Å². The van der Waals surface area contributed by atoms with Crippen molar-refractivity contribution < 1.29 is 14.3 Å². The Morgan fingerprint density at radius 3 is 2.35 bits per heavy atom. The number of ether oxygens (including phenoxy) is 2. The van der Waals surface area contributed by atoms with Gasteiger partial charge in [-0.3, -0.25) is 0 Å². The predicted octanol–water partition coefficient (Wildman–Crippen LogP) is 4.06. The summed E-state index contributed by atoms with van der Waals surface area (Å²) in [7, 11) is 1.64. The summed E-state index contributed by atoms with van der Waals surface area (Å²) in [4.78, 5) is 12.2. The van der Waals surface area contributed by atoms with Crippen molar-refractivity contribution in [2.75, 3.05) is 13.7 Å². The fourth-order valence-electron chi connectivity index (χ4n) is 2.30. The molecule has 1 unspecified atom stereocenters. The minimum atomic E-state index is -0.254. The minimum Gasteiger partial charge on any atom is -0.456 e. The molecule has 0 saturated heterocycles. The lowest BCUT2D eigenvalue weighted by Crippen LogP contribution is -2.23. The molecule has 0 radical (unpaired) electrons. The number of hydrogen-bond donors (Lipinski definition) is 0. The van der Waals surface area contributed by atoms with Crippen molar-refractivity contribution in [1.29, 1.82) is 0 Å². The molecule has 1 aromatic carbocycles. The first kappa shape index (κ1) is 16.7. The van der Waals surface area contributed by atoms with Crippen molar-refractivity contribution in [2.45, 2.75) is 52.6 Å². The molecule has 0 saturated carbocycles. The number of unbranched alkanes of at least 4 members (excludes halogenated alkanes) is 2. The zero-order chi connectivity index (χ0) is 15.0. The Morgan fingerprint density at radius 2 is 1.80 bits per heavy atom. The van der Waals surface area contributed by atoms with E-state index in [1.807, 2.05) is 32.0 Å². The Balaban J connectivity index is 2.64. The van der Waals surface area contributed by atoms with Crippen LogP contribution in [-0.4, -0.2) is 25.8 Å². The lowest BCUT2D eigenvalue weighted by molar-refractivity contribution is 0.00239. The van der Waals surface area contributed by atoms with Crippen molar-refractivity contribution in [3.05, 3.63) is 34.9 Å². The van der Waals surface area contributed by atoms with Gasteiger partial charge in [-0.15, -0.1) is 0 Å². The van der Waals surface area contributed by atoms with Gasteiger partial charge in [-0.1, -0.05) is 37.0 Å². The van der Waals surface area contributed by atoms with E-state index in [4.69, 9.17) is 9.47 Å². The number of esters is 1. The zero-order valence-electron chi connectivity index (χ0n) is 13.1. The highest BCUT2D eigenvalue weighted by Crippen LogP contribution is 2.14. The SMILES string of the molecule is CCCCCC(COC)OC(=O)c1cc(C)cc(C)c1. The van der Waals surface area contributed by atoms with E-state index in [9.17, 15) is 4.79 Å². The zero-order valence-corrected chi connectivity index (χ0v) is 13.1. The van der Waals surface area contributed by atoms with Crippen molar-refractivity contribution in [2.24, 2.45) is 0 Å². The van der Waals surface area contributed by atoms with E-state index in [2.05, 4.69) is 6.92 Å². The number of hydrogen-bond acceptors (Lipinski definition) is 3. The first-order chi connectivity index (χ1) is 9.56. The van der Waals surface area contributed by atoms with Gasteiger partial charge in [0.15, 0.2) is 0 Å². The number of methoxy groups -OCH3 is 1. The Labute approximate surface area is 122 Å². The highest BCUT2D eigenvalue weighted by atomic mass is 16.6. The molecule has 112 valence electrons. The molecule has 3 nitrogen and oxygen atoms in total. The smallest absolute Gasteiger partial charge is 0.338 e. The van der Waals surface area contributed by atoms with Gasteiger partial charge >= 0.3 is 5.97 Å². The standard InChI is InChI=1S/C17H26O3/c1-5-6-7-8-16(12-19-4)20-17(18)15-10-13(2)9-14(3)11-15/h9-11,16H,5-8,12H2,1-4H3. The average molecular weight is 278 g/mol. The van der Waals surface area contributed by atoms with Gasteiger partial charge in [0.05, 0.1) is 12.2 Å². The molecule has 0 heterocycles. The summed E-state index contributed by atoms with van der Waals surface area (Å²) < 4.78 is 10.7. The van der Waals surface area contributed by atoms with E-state index in [1.165, 1.54) is 0 Å². The second kappa shape index (κ2) is 8.75. The third kappa shape index (κ3) is 5.74. The third-order valence-corrected chi connectivity index (χ3v) is 3.21. The monoisotopic (exact) mass is 278 g/mol. The number of aryl methyl sites for hydroxylation is 2. The third-order valence-electron chi connectivity index (χ3n) is 3.21. The molecule has 1 atom stereocenters. The van der Waals surface area contributed by atoms with Gasteiger partial charge in [-0.05, 0) is 38.8 Å².